The largest absolute Gasteiger partial charge is 0.383 e. The molecule has 1 aromatic heterocycles. The van der Waals surface area contributed by atoms with Crippen molar-refractivity contribution < 1.29 is 5.76 Å². The Kier molecular flexibility index (Phi) is 6.45. The first kappa shape index (κ1) is 24.1. The number of aromatic nitrogens is 1. The first-order valence-electron chi connectivity index (χ1n) is 12.5. The van der Waals surface area contributed by atoms with Crippen molar-refractivity contribution in [2.75, 3.05) is 17.2 Å². The van der Waals surface area contributed by atoms with E-state index in [0.29, 0.717) is 51.1 Å². The van der Waals surface area contributed by atoms with Crippen LogP contribution in [-0.4, -0.2) is 22.6 Å². The van der Waals surface area contributed by atoms with Crippen LogP contribution < -0.4 is 21.6 Å². The van der Waals surface area contributed by atoms with Gasteiger partial charge >= 0.3 is 0 Å². The van der Waals surface area contributed by atoms with Crippen LogP contribution in [0.4, 0.5) is 15.8 Å². The minimum Gasteiger partial charge on any atom is -0.383 e. The molecule has 1 aliphatic carbocycles. The molecule has 0 bridgehead atoms. The Balaban J connectivity index is 1.64. The van der Waals surface area contributed by atoms with E-state index < -0.39 is 11.8 Å². The van der Waals surface area contributed by atoms with Crippen molar-refractivity contribution >= 4 is 45.5 Å². The zero-order chi connectivity index (χ0) is 27.2. The Bertz CT molecular complexity index is 1460. The summed E-state index contributed by atoms with van der Waals surface area (Å²) in [7, 11) is 0. The van der Waals surface area contributed by atoms with Gasteiger partial charge in [-0.15, -0.1) is 5.53 Å². The molecule has 2 heterocycles. The van der Waals surface area contributed by atoms with Crippen LogP contribution in [0.25, 0.3) is 10.9 Å². The van der Waals surface area contributed by atoms with E-state index in [2.05, 4.69) is 53.4 Å². The van der Waals surface area contributed by atoms with E-state index >= 15 is 4.39 Å². The van der Waals surface area contributed by atoms with Gasteiger partial charge in [-0.05, 0) is 42.5 Å². The van der Waals surface area contributed by atoms with Gasteiger partial charge in [0.15, 0.2) is 0 Å². The molecule has 0 saturated heterocycles. The minimum atomic E-state index is -1.85. The van der Waals surface area contributed by atoms with Gasteiger partial charge in [0.1, 0.15) is 11.9 Å². The number of nitriles is 1. The van der Waals surface area contributed by atoms with Crippen molar-refractivity contribution in [2.24, 2.45) is 5.41 Å². The zero-order valence-electron chi connectivity index (χ0n) is 21.7. The maximum absolute atomic E-state index is 15.3. The second-order valence-electron chi connectivity index (χ2n) is 10.4. The summed E-state index contributed by atoms with van der Waals surface area (Å²) in [6.07, 6.45) is 5.30. The third kappa shape index (κ3) is 5.40. The van der Waals surface area contributed by atoms with Gasteiger partial charge in [0, 0.05) is 46.6 Å². The molecule has 1 saturated carbocycles. The molecule has 37 heavy (non-hydrogen) atoms. The number of pyridine rings is 1. The number of anilines is 2. The molecule has 1 fully saturated rings. The Labute approximate surface area is 227 Å². The summed E-state index contributed by atoms with van der Waals surface area (Å²) < 4.78 is 24.8. The van der Waals surface area contributed by atoms with Crippen LogP contribution in [0.5, 0.6) is 0 Å². The molecule has 4 N–H and O–H groups in total. The Hall–Kier alpha value is -3.25. The molecular formula is C27H28Cl2FN7. The molecule has 1 atom stereocenters. The summed E-state index contributed by atoms with van der Waals surface area (Å²) in [6, 6.07) is 8.38. The number of benzene rings is 2. The second-order valence-corrected chi connectivity index (χ2v) is 11.3. The highest BCUT2D eigenvalue weighted by Gasteiger charge is 2.33. The smallest absolute Gasteiger partial charge is 0.130 e. The van der Waals surface area contributed by atoms with Crippen molar-refractivity contribution in [1.29, 1.82) is 5.26 Å². The minimum absolute atomic E-state index is 0.0361. The molecule has 2 aliphatic rings. The topological polar surface area (TPSA) is 88.0 Å². The molecule has 0 radical (unpaired) electrons. The molecule has 7 nitrogen and oxygen atoms in total. The van der Waals surface area contributed by atoms with Crippen LogP contribution in [0.2, 0.25) is 10.0 Å². The van der Waals surface area contributed by atoms with Gasteiger partial charge in [-0.25, -0.2) is 4.39 Å². The molecular weight excluding hydrogens is 512 g/mol. The number of hydrogen-bond acceptors (Lipinski definition) is 7. The van der Waals surface area contributed by atoms with E-state index in [1.165, 1.54) is 18.3 Å². The van der Waals surface area contributed by atoms with Gasteiger partial charge in [0.05, 0.1) is 34.9 Å². The SMILES string of the molecule is [2H]C(Nc1cc(Cl)c2ncc(C#N)c(NCC(C)(C)C)c2c1)(C1=CN(C2CC2)NN1)c1c(F)cccc1Cl. The summed E-state index contributed by atoms with van der Waals surface area (Å²) in [5.74, 6) is -0.625. The quantitative estimate of drug-likeness (QED) is 0.272. The average molecular weight is 541 g/mol. The van der Waals surface area contributed by atoms with E-state index in [-0.39, 0.29) is 16.0 Å². The number of hydrazine groups is 2. The van der Waals surface area contributed by atoms with Crippen LogP contribution in [0.15, 0.2) is 48.4 Å². The summed E-state index contributed by atoms with van der Waals surface area (Å²) in [4.78, 5) is 4.40. The summed E-state index contributed by atoms with van der Waals surface area (Å²) >= 11 is 13.1. The molecule has 10 heteroatoms. The monoisotopic (exact) mass is 540 g/mol. The lowest BCUT2D eigenvalue weighted by molar-refractivity contribution is 0.260. The predicted molar refractivity (Wildman–Crippen MR) is 146 cm³/mol. The van der Waals surface area contributed by atoms with Crippen molar-refractivity contribution in [3.05, 3.63) is 75.4 Å². The van der Waals surface area contributed by atoms with Gasteiger partial charge in [0.2, 0.25) is 0 Å². The Morgan fingerprint density at radius 1 is 1.30 bits per heavy atom. The van der Waals surface area contributed by atoms with Gasteiger partial charge < -0.3 is 16.1 Å². The van der Waals surface area contributed by atoms with E-state index in [0.717, 1.165) is 12.8 Å². The molecule has 3 aromatic rings. The fourth-order valence-corrected chi connectivity index (χ4v) is 4.64. The molecule has 2 aromatic carbocycles. The van der Waals surface area contributed by atoms with Crippen LogP contribution in [-0.2, 0) is 0 Å². The van der Waals surface area contributed by atoms with E-state index in [4.69, 9.17) is 23.2 Å². The number of nitrogens with one attached hydrogen (secondary N) is 4. The van der Waals surface area contributed by atoms with Crippen molar-refractivity contribution in [2.45, 2.75) is 45.7 Å². The normalized spacial score (nSPS) is 17.5. The first-order valence-corrected chi connectivity index (χ1v) is 12.8. The molecule has 1 unspecified atom stereocenters. The van der Waals surface area contributed by atoms with Crippen LogP contribution in [0.3, 0.4) is 0 Å². The Morgan fingerprint density at radius 3 is 2.76 bits per heavy atom. The highest BCUT2D eigenvalue weighted by molar-refractivity contribution is 6.36. The molecule has 1 aliphatic heterocycles. The van der Waals surface area contributed by atoms with Gasteiger partial charge in [-0.1, -0.05) is 50.0 Å². The number of rotatable bonds is 7. The van der Waals surface area contributed by atoms with Crippen LogP contribution in [0.1, 0.15) is 52.1 Å². The van der Waals surface area contributed by atoms with Gasteiger partial charge in [0.25, 0.3) is 0 Å². The fraction of sp³-hybridized carbons (Fsp3) is 0.333. The van der Waals surface area contributed by atoms with Gasteiger partial charge in [-0.2, -0.15) is 5.26 Å². The maximum Gasteiger partial charge on any atom is 0.130 e. The predicted octanol–water partition coefficient (Wildman–Crippen LogP) is 6.49. The van der Waals surface area contributed by atoms with Gasteiger partial charge in [-0.3, -0.25) is 9.99 Å². The average Bonchev–Trinajstić information content (AvgIpc) is 3.57. The molecule has 0 amide bonds. The van der Waals surface area contributed by atoms with E-state index in [1.54, 1.807) is 24.4 Å². The lowest BCUT2D eigenvalue weighted by atomic mass is 9.96. The molecule has 0 spiro atoms. The number of hydrogen-bond donors (Lipinski definition) is 4. The van der Waals surface area contributed by atoms with Crippen molar-refractivity contribution in [3.63, 3.8) is 0 Å². The maximum atomic E-state index is 15.3. The van der Waals surface area contributed by atoms with E-state index in [9.17, 15) is 6.63 Å². The lowest BCUT2D eigenvalue weighted by Crippen LogP contribution is -2.38. The van der Waals surface area contributed by atoms with Crippen LogP contribution >= 0.6 is 23.2 Å². The summed E-state index contributed by atoms with van der Waals surface area (Å²) in [5, 5.41) is 19.2. The summed E-state index contributed by atoms with van der Waals surface area (Å²) in [5.41, 5.74) is 8.24. The first-order chi connectivity index (χ1) is 18.0. The highest BCUT2D eigenvalue weighted by atomic mass is 35.5. The number of fused-ring (bicyclic) bond motifs is 1. The number of nitrogens with zero attached hydrogens (tertiary/aromatic N) is 3. The van der Waals surface area contributed by atoms with Crippen molar-refractivity contribution in [1.82, 2.24) is 21.0 Å². The third-order valence-corrected chi connectivity index (χ3v) is 6.72. The lowest BCUT2D eigenvalue weighted by Gasteiger charge is -2.24. The third-order valence-electron chi connectivity index (χ3n) is 6.12. The fourth-order valence-electron chi connectivity index (χ4n) is 4.11. The molecule has 192 valence electrons. The molecule has 5 rings (SSSR count). The zero-order valence-corrected chi connectivity index (χ0v) is 22.2. The van der Waals surface area contributed by atoms with Crippen LogP contribution in [0, 0.1) is 22.6 Å². The van der Waals surface area contributed by atoms with Crippen molar-refractivity contribution in [3.8, 4) is 6.07 Å². The van der Waals surface area contributed by atoms with E-state index in [1.807, 2.05) is 5.01 Å². The number of halogens is 3. The summed E-state index contributed by atoms with van der Waals surface area (Å²) in [6.45, 7) is 6.86. The Morgan fingerprint density at radius 2 is 2.08 bits per heavy atom. The second kappa shape index (κ2) is 9.90. The standard InChI is InChI=1S/C27H28Cl2FN7/c1-27(2,3)14-33-24-15(11-31)12-32-25-18(24)9-16(10-20(25)29)34-26(23-19(28)5-4-6-21(23)30)22-13-37(36-35-22)17-7-8-17/h4-6,9-10,12-13,17,26,34-36H,7-8,14H2,1-3H3,(H,32,33)/i26D. The highest BCUT2D eigenvalue weighted by Crippen LogP contribution is 2.39.